The molecule has 1 rings (SSSR count). The van der Waals surface area contributed by atoms with E-state index in [4.69, 9.17) is 34.8 Å². The molecule has 0 saturated heterocycles. The van der Waals surface area contributed by atoms with Gasteiger partial charge >= 0.3 is 0 Å². The third-order valence-corrected chi connectivity index (χ3v) is 3.85. The smallest absolute Gasteiger partial charge is 0.127 e. The molecule has 0 fully saturated rings. The summed E-state index contributed by atoms with van der Waals surface area (Å²) in [7, 11) is 0. The van der Waals surface area contributed by atoms with Crippen molar-refractivity contribution in [2.75, 3.05) is 0 Å². The van der Waals surface area contributed by atoms with Crippen LogP contribution in [0.5, 0.6) is 0 Å². The minimum atomic E-state index is -0.162. The molecule has 0 aliphatic heterocycles. The van der Waals surface area contributed by atoms with Crippen LogP contribution in [0.1, 0.15) is 38.2 Å². The zero-order valence-electron chi connectivity index (χ0n) is 9.84. The Hall–Kier alpha value is -0.240. The predicted molar refractivity (Wildman–Crippen MR) is 74.3 cm³/mol. The molecule has 1 aromatic carbocycles. The first-order valence-corrected chi connectivity index (χ1v) is 6.68. The highest BCUT2D eigenvalue weighted by molar-refractivity contribution is 6.48. The molecule has 17 heavy (non-hydrogen) atoms. The second-order valence-corrected chi connectivity index (χ2v) is 5.70. The maximum absolute atomic E-state index is 11.1. The van der Waals surface area contributed by atoms with E-state index in [2.05, 4.69) is 13.8 Å². The Labute approximate surface area is 117 Å². The number of hydrogen-bond acceptors (Lipinski definition) is 1. The van der Waals surface area contributed by atoms with E-state index in [0.29, 0.717) is 21.0 Å². The van der Waals surface area contributed by atoms with E-state index < -0.39 is 0 Å². The lowest BCUT2D eigenvalue weighted by molar-refractivity contribution is -0.109. The van der Waals surface area contributed by atoms with Crippen LogP contribution in [-0.4, -0.2) is 6.29 Å². The SMILES string of the molecule is CC(C)CCC(C=O)c1cc(Cl)c(Cl)c(Cl)c1. The van der Waals surface area contributed by atoms with Crippen LogP contribution in [0.25, 0.3) is 0 Å². The Balaban J connectivity index is 2.92. The fourth-order valence-corrected chi connectivity index (χ4v) is 2.23. The van der Waals surface area contributed by atoms with Crippen LogP contribution in [0.15, 0.2) is 12.1 Å². The lowest BCUT2D eigenvalue weighted by atomic mass is 9.92. The van der Waals surface area contributed by atoms with Crippen molar-refractivity contribution in [3.05, 3.63) is 32.8 Å². The second kappa shape index (κ2) is 6.63. The first-order chi connectivity index (χ1) is 7.95. The number of rotatable bonds is 5. The van der Waals surface area contributed by atoms with Gasteiger partial charge in [0.05, 0.1) is 15.1 Å². The fraction of sp³-hybridized carbons (Fsp3) is 0.462. The number of carbonyl (C=O) groups excluding carboxylic acids is 1. The van der Waals surface area contributed by atoms with Crippen molar-refractivity contribution in [3.8, 4) is 0 Å². The summed E-state index contributed by atoms with van der Waals surface area (Å²) in [5.74, 6) is 0.403. The minimum absolute atomic E-state index is 0.162. The standard InChI is InChI=1S/C13H15Cl3O/c1-8(2)3-4-9(7-17)10-5-11(14)13(16)12(15)6-10/h5-9H,3-4H2,1-2H3. The van der Waals surface area contributed by atoms with E-state index in [1.807, 2.05) is 0 Å². The predicted octanol–water partition coefficient (Wildman–Crippen LogP) is 5.37. The van der Waals surface area contributed by atoms with E-state index in [9.17, 15) is 4.79 Å². The van der Waals surface area contributed by atoms with Crippen LogP contribution in [-0.2, 0) is 4.79 Å². The zero-order valence-corrected chi connectivity index (χ0v) is 12.1. The zero-order chi connectivity index (χ0) is 13.0. The molecule has 0 radical (unpaired) electrons. The van der Waals surface area contributed by atoms with Crippen LogP contribution in [0.3, 0.4) is 0 Å². The van der Waals surface area contributed by atoms with Gasteiger partial charge in [-0.2, -0.15) is 0 Å². The highest BCUT2D eigenvalue weighted by atomic mass is 35.5. The summed E-state index contributed by atoms with van der Waals surface area (Å²) in [6.07, 6.45) is 2.73. The molecule has 0 aliphatic rings. The molecule has 0 saturated carbocycles. The lowest BCUT2D eigenvalue weighted by Crippen LogP contribution is -2.02. The van der Waals surface area contributed by atoms with Crippen LogP contribution < -0.4 is 0 Å². The molecule has 0 bridgehead atoms. The quantitative estimate of drug-likeness (QED) is 0.527. The first kappa shape index (κ1) is 14.8. The molecular weight excluding hydrogens is 279 g/mol. The molecule has 0 spiro atoms. The maximum atomic E-state index is 11.1. The Bertz CT molecular complexity index is 379. The summed E-state index contributed by atoms with van der Waals surface area (Å²) in [6, 6.07) is 3.43. The van der Waals surface area contributed by atoms with Crippen LogP contribution >= 0.6 is 34.8 Å². The molecular formula is C13H15Cl3O. The van der Waals surface area contributed by atoms with Crippen molar-refractivity contribution >= 4 is 41.1 Å². The van der Waals surface area contributed by atoms with E-state index in [0.717, 1.165) is 24.7 Å². The molecule has 0 N–H and O–H groups in total. The Morgan fingerprint density at radius 2 is 1.65 bits per heavy atom. The van der Waals surface area contributed by atoms with Gasteiger partial charge in [-0.15, -0.1) is 0 Å². The van der Waals surface area contributed by atoms with Crippen LogP contribution in [0, 0.1) is 5.92 Å². The van der Waals surface area contributed by atoms with Gasteiger partial charge in [0.15, 0.2) is 0 Å². The highest BCUT2D eigenvalue weighted by Crippen LogP contribution is 2.34. The van der Waals surface area contributed by atoms with Gasteiger partial charge < -0.3 is 4.79 Å². The first-order valence-electron chi connectivity index (χ1n) is 5.55. The monoisotopic (exact) mass is 292 g/mol. The summed E-state index contributed by atoms with van der Waals surface area (Å²) in [5, 5.41) is 1.13. The van der Waals surface area contributed by atoms with Crippen molar-refractivity contribution in [1.29, 1.82) is 0 Å². The topological polar surface area (TPSA) is 17.1 Å². The normalized spacial score (nSPS) is 12.8. The highest BCUT2D eigenvalue weighted by Gasteiger charge is 2.15. The van der Waals surface area contributed by atoms with Gasteiger partial charge in [0, 0.05) is 5.92 Å². The Morgan fingerprint density at radius 1 is 1.12 bits per heavy atom. The lowest BCUT2D eigenvalue weighted by Gasteiger charge is -2.13. The third-order valence-electron chi connectivity index (χ3n) is 2.65. The minimum Gasteiger partial charge on any atom is -0.303 e. The Kier molecular flexibility index (Phi) is 5.78. The van der Waals surface area contributed by atoms with Gasteiger partial charge in [-0.3, -0.25) is 0 Å². The van der Waals surface area contributed by atoms with E-state index in [1.165, 1.54) is 0 Å². The number of halogens is 3. The average Bonchev–Trinajstić information content (AvgIpc) is 2.26. The molecule has 0 heterocycles. The molecule has 4 heteroatoms. The Morgan fingerprint density at radius 3 is 2.06 bits per heavy atom. The fourth-order valence-electron chi connectivity index (χ4n) is 1.62. The summed E-state index contributed by atoms with van der Waals surface area (Å²) in [4.78, 5) is 11.1. The molecule has 1 nitrogen and oxygen atoms in total. The summed E-state index contributed by atoms with van der Waals surface area (Å²) in [6.45, 7) is 4.26. The van der Waals surface area contributed by atoms with Gasteiger partial charge in [0.25, 0.3) is 0 Å². The van der Waals surface area contributed by atoms with Crippen molar-refractivity contribution in [3.63, 3.8) is 0 Å². The van der Waals surface area contributed by atoms with Crippen molar-refractivity contribution in [2.45, 2.75) is 32.6 Å². The van der Waals surface area contributed by atoms with E-state index in [-0.39, 0.29) is 5.92 Å². The summed E-state index contributed by atoms with van der Waals surface area (Å²) < 4.78 is 0. The molecule has 0 aliphatic carbocycles. The molecule has 1 atom stereocenters. The van der Waals surface area contributed by atoms with Gasteiger partial charge in [0.1, 0.15) is 6.29 Å². The summed E-state index contributed by atoms with van der Waals surface area (Å²) >= 11 is 17.8. The van der Waals surface area contributed by atoms with Gasteiger partial charge in [-0.1, -0.05) is 48.7 Å². The van der Waals surface area contributed by atoms with Crippen LogP contribution in [0.2, 0.25) is 15.1 Å². The van der Waals surface area contributed by atoms with E-state index in [1.54, 1.807) is 12.1 Å². The number of aldehydes is 1. The largest absolute Gasteiger partial charge is 0.303 e. The van der Waals surface area contributed by atoms with Crippen LogP contribution in [0.4, 0.5) is 0 Å². The van der Waals surface area contributed by atoms with Crippen molar-refractivity contribution < 1.29 is 4.79 Å². The third kappa shape index (κ3) is 4.17. The second-order valence-electron chi connectivity index (χ2n) is 4.51. The van der Waals surface area contributed by atoms with Crippen molar-refractivity contribution in [2.24, 2.45) is 5.92 Å². The van der Waals surface area contributed by atoms with E-state index >= 15 is 0 Å². The maximum Gasteiger partial charge on any atom is 0.127 e. The molecule has 0 aromatic heterocycles. The number of benzene rings is 1. The van der Waals surface area contributed by atoms with Gasteiger partial charge in [0.2, 0.25) is 0 Å². The molecule has 1 aromatic rings. The molecule has 0 amide bonds. The number of hydrogen-bond donors (Lipinski definition) is 0. The number of carbonyl (C=O) groups is 1. The summed E-state index contributed by atoms with van der Waals surface area (Å²) in [5.41, 5.74) is 0.833. The van der Waals surface area contributed by atoms with Gasteiger partial charge in [-0.25, -0.2) is 0 Å². The molecule has 1 unspecified atom stereocenters. The average molecular weight is 294 g/mol. The molecule has 94 valence electrons. The van der Waals surface area contributed by atoms with Crippen molar-refractivity contribution in [1.82, 2.24) is 0 Å². The van der Waals surface area contributed by atoms with Gasteiger partial charge in [-0.05, 0) is 36.5 Å².